The number of rotatable bonds is 6. The number of anilines is 3. The summed E-state index contributed by atoms with van der Waals surface area (Å²) in [7, 11) is 0. The van der Waals surface area contributed by atoms with Gasteiger partial charge in [-0.2, -0.15) is 0 Å². The van der Waals surface area contributed by atoms with Crippen molar-refractivity contribution in [3.63, 3.8) is 0 Å². The van der Waals surface area contributed by atoms with Gasteiger partial charge in [0.05, 0.1) is 0 Å². The molecule has 0 radical (unpaired) electrons. The van der Waals surface area contributed by atoms with Crippen LogP contribution in [0.5, 0.6) is 0 Å². The molecule has 0 fully saturated rings. The molecule has 1 heterocycles. The third-order valence-electron chi connectivity index (χ3n) is 2.52. The minimum absolute atomic E-state index is 0.195. The van der Waals surface area contributed by atoms with E-state index >= 15 is 0 Å². The third kappa shape index (κ3) is 3.92. The molecule has 0 saturated heterocycles. The van der Waals surface area contributed by atoms with Crippen LogP contribution >= 0.6 is 0 Å². The lowest BCUT2D eigenvalue weighted by Crippen LogP contribution is -2.13. The number of carboxylic acids is 1. The summed E-state index contributed by atoms with van der Waals surface area (Å²) in [5.74, 6) is 0.0655. The van der Waals surface area contributed by atoms with Gasteiger partial charge < -0.3 is 21.5 Å². The number of carbonyl (C=O) groups is 1. The molecule has 0 saturated carbocycles. The second-order valence-electron chi connectivity index (χ2n) is 4.07. The Bertz CT molecular complexity index is 603. The van der Waals surface area contributed by atoms with Crippen molar-refractivity contribution >= 4 is 23.3 Å². The predicted molar refractivity (Wildman–Crippen MR) is 75.8 cm³/mol. The summed E-state index contributed by atoms with van der Waals surface area (Å²) in [5.41, 5.74) is 7.45. The van der Waals surface area contributed by atoms with Crippen molar-refractivity contribution in [2.24, 2.45) is 5.73 Å². The molecular formula is C13H15N5O2. The van der Waals surface area contributed by atoms with Gasteiger partial charge in [0.15, 0.2) is 0 Å². The lowest BCUT2D eigenvalue weighted by Gasteiger charge is -2.08. The van der Waals surface area contributed by atoms with Crippen molar-refractivity contribution in [3.8, 4) is 0 Å². The second-order valence-corrected chi connectivity index (χ2v) is 4.07. The highest BCUT2D eigenvalue weighted by molar-refractivity contribution is 5.72. The molecule has 0 aliphatic heterocycles. The van der Waals surface area contributed by atoms with E-state index in [0.29, 0.717) is 18.2 Å². The van der Waals surface area contributed by atoms with Crippen molar-refractivity contribution < 1.29 is 9.90 Å². The molecule has 0 bridgehead atoms. The molecule has 2 aromatic rings. The highest BCUT2D eigenvalue weighted by atomic mass is 16.4. The summed E-state index contributed by atoms with van der Waals surface area (Å²) in [6.07, 6.45) is 1.36. The van der Waals surface area contributed by atoms with Gasteiger partial charge in [-0.25, -0.2) is 9.97 Å². The molecule has 0 aliphatic rings. The van der Waals surface area contributed by atoms with Gasteiger partial charge in [0.2, 0.25) is 0 Å². The number of benzene rings is 1. The Morgan fingerprint density at radius 3 is 2.80 bits per heavy atom. The maximum atomic E-state index is 10.5. The van der Waals surface area contributed by atoms with Gasteiger partial charge in [0.25, 0.3) is 0 Å². The Hall–Kier alpha value is -2.67. The average Bonchev–Trinajstić information content (AvgIpc) is 2.46. The Balaban J connectivity index is 2.08. The van der Waals surface area contributed by atoms with E-state index in [1.165, 1.54) is 6.33 Å². The first-order chi connectivity index (χ1) is 9.67. The SMILES string of the molecule is NCc1cccc(Nc2cc(NCC(=O)O)ncn2)c1. The molecule has 0 unspecified atom stereocenters. The predicted octanol–water partition coefficient (Wildman–Crippen LogP) is 1.18. The van der Waals surface area contributed by atoms with Gasteiger partial charge in [-0.3, -0.25) is 4.79 Å². The van der Waals surface area contributed by atoms with Crippen molar-refractivity contribution in [1.29, 1.82) is 0 Å². The minimum Gasteiger partial charge on any atom is -0.480 e. The molecular weight excluding hydrogens is 258 g/mol. The fourth-order valence-electron chi connectivity index (χ4n) is 1.61. The van der Waals surface area contributed by atoms with E-state index < -0.39 is 5.97 Å². The number of nitrogens with two attached hydrogens (primary N) is 1. The zero-order valence-corrected chi connectivity index (χ0v) is 10.7. The first-order valence-corrected chi connectivity index (χ1v) is 6.01. The van der Waals surface area contributed by atoms with E-state index in [0.717, 1.165) is 11.3 Å². The zero-order valence-electron chi connectivity index (χ0n) is 10.7. The number of hydrogen-bond donors (Lipinski definition) is 4. The van der Waals surface area contributed by atoms with Gasteiger partial charge in [0.1, 0.15) is 24.5 Å². The number of aliphatic carboxylic acids is 1. The Morgan fingerprint density at radius 2 is 2.05 bits per heavy atom. The molecule has 0 spiro atoms. The van der Waals surface area contributed by atoms with E-state index in [9.17, 15) is 4.79 Å². The molecule has 0 aliphatic carbocycles. The molecule has 1 aromatic heterocycles. The highest BCUT2D eigenvalue weighted by Crippen LogP contribution is 2.17. The molecule has 7 nitrogen and oxygen atoms in total. The number of nitrogens with one attached hydrogen (secondary N) is 2. The summed E-state index contributed by atoms with van der Waals surface area (Å²) in [6, 6.07) is 9.29. The van der Waals surface area contributed by atoms with E-state index in [1.807, 2.05) is 24.3 Å². The lowest BCUT2D eigenvalue weighted by molar-refractivity contribution is -0.134. The Labute approximate surface area is 115 Å². The number of carboxylic acid groups (broad SMARTS) is 1. The maximum absolute atomic E-state index is 10.5. The summed E-state index contributed by atoms with van der Waals surface area (Å²) in [5, 5.41) is 14.4. The van der Waals surface area contributed by atoms with Crippen molar-refractivity contribution in [2.75, 3.05) is 17.2 Å². The normalized spacial score (nSPS) is 10.1. The van der Waals surface area contributed by atoms with Crippen LogP contribution in [0.2, 0.25) is 0 Å². The first kappa shape index (κ1) is 13.8. The third-order valence-corrected chi connectivity index (χ3v) is 2.52. The quantitative estimate of drug-likeness (QED) is 0.625. The van der Waals surface area contributed by atoms with Crippen LogP contribution in [0, 0.1) is 0 Å². The maximum Gasteiger partial charge on any atom is 0.322 e. The van der Waals surface area contributed by atoms with Crippen molar-refractivity contribution in [3.05, 3.63) is 42.2 Å². The summed E-state index contributed by atoms with van der Waals surface area (Å²) in [6.45, 7) is 0.268. The molecule has 104 valence electrons. The number of nitrogens with zero attached hydrogens (tertiary/aromatic N) is 2. The lowest BCUT2D eigenvalue weighted by atomic mass is 10.2. The zero-order chi connectivity index (χ0) is 14.4. The van der Waals surface area contributed by atoms with Crippen molar-refractivity contribution in [1.82, 2.24) is 9.97 Å². The molecule has 5 N–H and O–H groups in total. The number of aromatic nitrogens is 2. The van der Waals surface area contributed by atoms with Gasteiger partial charge in [-0.1, -0.05) is 12.1 Å². The summed E-state index contributed by atoms with van der Waals surface area (Å²) >= 11 is 0. The largest absolute Gasteiger partial charge is 0.480 e. The average molecular weight is 273 g/mol. The summed E-state index contributed by atoms with van der Waals surface area (Å²) < 4.78 is 0. The van der Waals surface area contributed by atoms with E-state index in [2.05, 4.69) is 20.6 Å². The van der Waals surface area contributed by atoms with E-state index in [4.69, 9.17) is 10.8 Å². The smallest absolute Gasteiger partial charge is 0.322 e. The van der Waals surface area contributed by atoms with Crippen LogP contribution in [0.15, 0.2) is 36.7 Å². The minimum atomic E-state index is -0.950. The van der Waals surface area contributed by atoms with Gasteiger partial charge in [-0.15, -0.1) is 0 Å². The van der Waals surface area contributed by atoms with Gasteiger partial charge in [0, 0.05) is 18.3 Å². The first-order valence-electron chi connectivity index (χ1n) is 6.01. The second kappa shape index (κ2) is 6.48. The van der Waals surface area contributed by atoms with E-state index in [-0.39, 0.29) is 6.54 Å². The van der Waals surface area contributed by atoms with Crippen LogP contribution < -0.4 is 16.4 Å². The van der Waals surface area contributed by atoms with Crippen LogP contribution in [0.25, 0.3) is 0 Å². The van der Waals surface area contributed by atoms with Crippen LogP contribution in [0.3, 0.4) is 0 Å². The summed E-state index contributed by atoms with van der Waals surface area (Å²) in [4.78, 5) is 18.5. The Morgan fingerprint density at radius 1 is 1.25 bits per heavy atom. The topological polar surface area (TPSA) is 113 Å². The number of hydrogen-bond acceptors (Lipinski definition) is 6. The van der Waals surface area contributed by atoms with Gasteiger partial charge in [-0.05, 0) is 17.7 Å². The van der Waals surface area contributed by atoms with Crippen molar-refractivity contribution in [2.45, 2.75) is 6.54 Å². The van der Waals surface area contributed by atoms with Crippen LogP contribution in [-0.4, -0.2) is 27.6 Å². The Kier molecular flexibility index (Phi) is 4.46. The molecule has 2 rings (SSSR count). The highest BCUT2D eigenvalue weighted by Gasteiger charge is 2.02. The monoisotopic (exact) mass is 273 g/mol. The fraction of sp³-hybridized carbons (Fsp3) is 0.154. The molecule has 7 heteroatoms. The van der Waals surface area contributed by atoms with Gasteiger partial charge >= 0.3 is 5.97 Å². The standard InChI is InChI=1S/C13H15N5O2/c14-6-9-2-1-3-10(4-9)18-12-5-11(16-8-17-12)15-7-13(19)20/h1-5,8H,6-7,14H2,(H,19,20)(H2,15,16,17,18). The van der Waals surface area contributed by atoms with E-state index in [1.54, 1.807) is 6.07 Å². The van der Waals surface area contributed by atoms with Crippen LogP contribution in [0.4, 0.5) is 17.3 Å². The fourth-order valence-corrected chi connectivity index (χ4v) is 1.61. The molecule has 0 amide bonds. The molecule has 20 heavy (non-hydrogen) atoms. The van der Waals surface area contributed by atoms with Crippen LogP contribution in [0.1, 0.15) is 5.56 Å². The molecule has 0 atom stereocenters. The van der Waals surface area contributed by atoms with Crippen LogP contribution in [-0.2, 0) is 11.3 Å². The molecule has 1 aromatic carbocycles.